The van der Waals surface area contributed by atoms with E-state index >= 15 is 0 Å². The van der Waals surface area contributed by atoms with E-state index in [-0.39, 0.29) is 6.04 Å². The lowest BCUT2D eigenvalue weighted by Crippen LogP contribution is -2.22. The highest BCUT2D eigenvalue weighted by atomic mass is 16.5. The number of rotatable bonds is 9. The normalized spacial score (nSPS) is 12.1. The van der Waals surface area contributed by atoms with Crippen molar-refractivity contribution in [2.24, 2.45) is 0 Å². The molecular formula is C21H26N4O2. The second-order valence-electron chi connectivity index (χ2n) is 6.47. The molecular weight excluding hydrogens is 340 g/mol. The van der Waals surface area contributed by atoms with Gasteiger partial charge in [-0.15, -0.1) is 0 Å². The number of imidazole rings is 1. The molecule has 0 unspecified atom stereocenters. The molecule has 0 N–H and O–H groups in total. The molecule has 0 aliphatic rings. The zero-order valence-electron chi connectivity index (χ0n) is 16.1. The summed E-state index contributed by atoms with van der Waals surface area (Å²) < 4.78 is 13.6. The SMILES string of the molecule is COc1cccc(CN(C)[C@@H](C)c2cccnc2)c1OCCn1ccnc1. The van der Waals surface area contributed by atoms with E-state index in [1.807, 2.05) is 35.2 Å². The van der Waals surface area contributed by atoms with E-state index < -0.39 is 0 Å². The summed E-state index contributed by atoms with van der Waals surface area (Å²) >= 11 is 0. The van der Waals surface area contributed by atoms with Gasteiger partial charge in [0.25, 0.3) is 0 Å². The fourth-order valence-electron chi connectivity index (χ4n) is 2.97. The molecule has 0 radical (unpaired) electrons. The van der Waals surface area contributed by atoms with E-state index in [1.54, 1.807) is 25.8 Å². The molecule has 0 aliphatic carbocycles. The average Bonchev–Trinajstić information content (AvgIpc) is 3.22. The van der Waals surface area contributed by atoms with E-state index in [2.05, 4.69) is 41.0 Å². The molecule has 0 spiro atoms. The monoisotopic (exact) mass is 366 g/mol. The highest BCUT2D eigenvalue weighted by Crippen LogP contribution is 2.33. The standard InChI is InChI=1S/C21H26N4O2/c1-17(18-7-5-9-22-14-18)24(2)15-19-6-4-8-20(26-3)21(19)27-13-12-25-11-10-23-16-25/h4-11,14,16-17H,12-13,15H2,1-3H3/t17-/m0/s1. The number of para-hydroxylation sites is 1. The van der Waals surface area contributed by atoms with Crippen LogP contribution in [0.3, 0.4) is 0 Å². The Bertz CT molecular complexity index is 821. The van der Waals surface area contributed by atoms with Crippen molar-refractivity contribution in [2.75, 3.05) is 20.8 Å². The zero-order valence-corrected chi connectivity index (χ0v) is 16.1. The zero-order chi connectivity index (χ0) is 19.1. The van der Waals surface area contributed by atoms with Gasteiger partial charge in [0, 0.05) is 42.9 Å². The number of methoxy groups -OCH3 is 1. The van der Waals surface area contributed by atoms with Crippen LogP contribution in [0.5, 0.6) is 11.5 Å². The van der Waals surface area contributed by atoms with Gasteiger partial charge >= 0.3 is 0 Å². The summed E-state index contributed by atoms with van der Waals surface area (Å²) in [5, 5.41) is 0. The van der Waals surface area contributed by atoms with Gasteiger partial charge in [-0.2, -0.15) is 0 Å². The first kappa shape index (κ1) is 18.9. The Morgan fingerprint density at radius 3 is 2.74 bits per heavy atom. The predicted octanol–water partition coefficient (Wildman–Crippen LogP) is 3.56. The van der Waals surface area contributed by atoms with E-state index in [0.717, 1.165) is 30.2 Å². The van der Waals surface area contributed by atoms with Crippen LogP contribution in [0.25, 0.3) is 0 Å². The van der Waals surface area contributed by atoms with Crippen LogP contribution in [0, 0.1) is 0 Å². The number of pyridine rings is 1. The van der Waals surface area contributed by atoms with Gasteiger partial charge in [0.2, 0.25) is 0 Å². The number of aromatic nitrogens is 3. The molecule has 6 heteroatoms. The van der Waals surface area contributed by atoms with Crippen molar-refractivity contribution in [3.05, 3.63) is 72.6 Å². The third-order valence-electron chi connectivity index (χ3n) is 4.68. The van der Waals surface area contributed by atoms with Crippen molar-refractivity contribution >= 4 is 0 Å². The Morgan fingerprint density at radius 1 is 1.15 bits per heavy atom. The second-order valence-corrected chi connectivity index (χ2v) is 6.47. The van der Waals surface area contributed by atoms with Crippen molar-refractivity contribution in [1.29, 1.82) is 0 Å². The van der Waals surface area contributed by atoms with Crippen LogP contribution in [0.15, 0.2) is 61.4 Å². The summed E-state index contributed by atoms with van der Waals surface area (Å²) in [6, 6.07) is 10.3. The summed E-state index contributed by atoms with van der Waals surface area (Å²) in [5.41, 5.74) is 2.28. The lowest BCUT2D eigenvalue weighted by molar-refractivity contribution is 0.237. The summed E-state index contributed by atoms with van der Waals surface area (Å²) in [5.74, 6) is 1.55. The van der Waals surface area contributed by atoms with Gasteiger partial charge in [-0.25, -0.2) is 4.98 Å². The third-order valence-corrected chi connectivity index (χ3v) is 4.68. The molecule has 6 nitrogen and oxygen atoms in total. The van der Waals surface area contributed by atoms with Crippen LogP contribution in [-0.2, 0) is 13.1 Å². The number of hydrogen-bond donors (Lipinski definition) is 0. The fourth-order valence-corrected chi connectivity index (χ4v) is 2.97. The van der Waals surface area contributed by atoms with Crippen LogP contribution in [0.1, 0.15) is 24.1 Å². The molecule has 142 valence electrons. The summed E-state index contributed by atoms with van der Waals surface area (Å²) in [4.78, 5) is 10.6. The molecule has 2 aromatic heterocycles. The van der Waals surface area contributed by atoms with Crippen LogP contribution in [-0.4, -0.2) is 40.2 Å². The van der Waals surface area contributed by atoms with Gasteiger partial charge in [-0.1, -0.05) is 18.2 Å². The highest BCUT2D eigenvalue weighted by Gasteiger charge is 2.17. The molecule has 1 atom stereocenters. The van der Waals surface area contributed by atoms with Crippen LogP contribution in [0.4, 0.5) is 0 Å². The Morgan fingerprint density at radius 2 is 2.04 bits per heavy atom. The number of benzene rings is 1. The van der Waals surface area contributed by atoms with E-state index in [0.29, 0.717) is 6.61 Å². The van der Waals surface area contributed by atoms with Gasteiger partial charge < -0.3 is 14.0 Å². The summed E-state index contributed by atoms with van der Waals surface area (Å²) in [6.45, 7) is 4.20. The molecule has 0 saturated heterocycles. The maximum absolute atomic E-state index is 6.11. The molecule has 0 amide bonds. The quantitative estimate of drug-likeness (QED) is 0.580. The van der Waals surface area contributed by atoms with Gasteiger partial charge in [0.1, 0.15) is 6.61 Å². The molecule has 0 fully saturated rings. The van der Waals surface area contributed by atoms with E-state index in [4.69, 9.17) is 9.47 Å². The molecule has 3 rings (SSSR count). The lowest BCUT2D eigenvalue weighted by Gasteiger charge is -2.26. The first-order valence-corrected chi connectivity index (χ1v) is 9.03. The first-order chi connectivity index (χ1) is 13.2. The average molecular weight is 366 g/mol. The molecule has 0 bridgehead atoms. The topological polar surface area (TPSA) is 52.4 Å². The third kappa shape index (κ3) is 4.86. The van der Waals surface area contributed by atoms with Crippen LogP contribution in [0.2, 0.25) is 0 Å². The van der Waals surface area contributed by atoms with Crippen LogP contribution >= 0.6 is 0 Å². The van der Waals surface area contributed by atoms with Crippen LogP contribution < -0.4 is 9.47 Å². The molecule has 27 heavy (non-hydrogen) atoms. The van der Waals surface area contributed by atoms with Crippen molar-refractivity contribution < 1.29 is 9.47 Å². The minimum atomic E-state index is 0.240. The minimum absolute atomic E-state index is 0.240. The number of nitrogens with zero attached hydrogens (tertiary/aromatic N) is 4. The maximum Gasteiger partial charge on any atom is 0.165 e. The Labute approximate surface area is 160 Å². The Hall–Kier alpha value is -2.86. The van der Waals surface area contributed by atoms with Gasteiger partial charge in [-0.05, 0) is 31.7 Å². The smallest absolute Gasteiger partial charge is 0.165 e. The lowest BCUT2D eigenvalue weighted by atomic mass is 10.1. The maximum atomic E-state index is 6.11. The molecule has 2 heterocycles. The first-order valence-electron chi connectivity index (χ1n) is 9.03. The van der Waals surface area contributed by atoms with E-state index in [9.17, 15) is 0 Å². The molecule has 3 aromatic rings. The predicted molar refractivity (Wildman–Crippen MR) is 105 cm³/mol. The minimum Gasteiger partial charge on any atom is -0.493 e. The van der Waals surface area contributed by atoms with Gasteiger partial charge in [0.05, 0.1) is 20.0 Å². The summed E-state index contributed by atoms with van der Waals surface area (Å²) in [6.07, 6.45) is 9.19. The fraction of sp³-hybridized carbons (Fsp3) is 0.333. The van der Waals surface area contributed by atoms with Crippen molar-refractivity contribution in [2.45, 2.75) is 26.1 Å². The van der Waals surface area contributed by atoms with Gasteiger partial charge in [0.15, 0.2) is 11.5 Å². The molecule has 1 aromatic carbocycles. The molecule has 0 aliphatic heterocycles. The van der Waals surface area contributed by atoms with Crippen molar-refractivity contribution in [3.63, 3.8) is 0 Å². The molecule has 0 saturated carbocycles. The Balaban J connectivity index is 1.72. The largest absolute Gasteiger partial charge is 0.493 e. The second kappa shape index (κ2) is 9.19. The highest BCUT2D eigenvalue weighted by molar-refractivity contribution is 5.46. The van der Waals surface area contributed by atoms with Gasteiger partial charge in [-0.3, -0.25) is 9.88 Å². The van der Waals surface area contributed by atoms with Crippen molar-refractivity contribution in [3.8, 4) is 11.5 Å². The number of ether oxygens (including phenoxy) is 2. The summed E-state index contributed by atoms with van der Waals surface area (Å²) in [7, 11) is 3.77. The Kier molecular flexibility index (Phi) is 6.44. The number of hydrogen-bond acceptors (Lipinski definition) is 5. The van der Waals surface area contributed by atoms with Crippen molar-refractivity contribution in [1.82, 2.24) is 19.4 Å². The van der Waals surface area contributed by atoms with E-state index in [1.165, 1.54) is 5.56 Å².